The molecule has 4 saturated heterocycles. The Hall–Kier alpha value is -5.04. The van der Waals surface area contributed by atoms with Crippen LogP contribution in [0.3, 0.4) is 0 Å². The largest absolute Gasteiger partial charge is 0.508 e. The van der Waals surface area contributed by atoms with Crippen LogP contribution in [0.25, 0.3) is 32.9 Å². The van der Waals surface area contributed by atoms with Gasteiger partial charge in [0.15, 0.2) is 5.82 Å². The maximum atomic E-state index is 17.1. The molecule has 0 aliphatic carbocycles. The third-order valence-electron chi connectivity index (χ3n) is 10.8. The zero-order valence-electron chi connectivity index (χ0n) is 27.8. The Bertz CT molecular complexity index is 2160. The average Bonchev–Trinajstić information content (AvgIpc) is 3.72. The van der Waals surface area contributed by atoms with Crippen molar-refractivity contribution in [3.05, 3.63) is 41.5 Å². The van der Waals surface area contributed by atoms with Gasteiger partial charge >= 0.3 is 18.1 Å². The topological polar surface area (TPSA) is 104 Å². The number of carbonyl (C=O) groups is 1. The van der Waals surface area contributed by atoms with Crippen LogP contribution < -0.4 is 14.4 Å². The van der Waals surface area contributed by atoms with Gasteiger partial charge in [-0.2, -0.15) is 23.1 Å². The smallest absolute Gasteiger partial charge is 0.471 e. The maximum Gasteiger partial charge on any atom is 0.471 e. The molecule has 6 heterocycles. The Kier molecular flexibility index (Phi) is 8.05. The van der Waals surface area contributed by atoms with Crippen LogP contribution >= 0.6 is 0 Å². The summed E-state index contributed by atoms with van der Waals surface area (Å²) in [4.78, 5) is 30.5. The maximum absolute atomic E-state index is 17.1. The van der Waals surface area contributed by atoms with E-state index in [2.05, 4.69) is 20.9 Å². The lowest BCUT2D eigenvalue weighted by atomic mass is 9.95. The van der Waals surface area contributed by atoms with Gasteiger partial charge in [0.1, 0.15) is 46.8 Å². The molecule has 2 aromatic heterocycles. The third-order valence-corrected chi connectivity index (χ3v) is 10.8. The minimum Gasteiger partial charge on any atom is -0.508 e. The van der Waals surface area contributed by atoms with E-state index in [0.29, 0.717) is 31.2 Å². The molecule has 52 heavy (non-hydrogen) atoms. The van der Waals surface area contributed by atoms with Crippen molar-refractivity contribution in [3.8, 4) is 41.2 Å². The lowest BCUT2D eigenvalue weighted by molar-refractivity contribution is -0.188. The highest BCUT2D eigenvalue weighted by atomic mass is 19.4. The number of alkyl halides is 4. The van der Waals surface area contributed by atoms with Gasteiger partial charge in [0.25, 0.3) is 0 Å². The van der Waals surface area contributed by atoms with Gasteiger partial charge in [-0.3, -0.25) is 9.69 Å². The molecule has 1 N–H and O–H groups in total. The minimum atomic E-state index is -5.05. The zero-order chi connectivity index (χ0) is 36.7. The number of rotatable bonds is 6. The Morgan fingerprint density at radius 1 is 1.10 bits per heavy atom. The van der Waals surface area contributed by atoms with Crippen molar-refractivity contribution in [1.82, 2.24) is 24.8 Å². The number of anilines is 1. The molecular formula is C36H32F6N6O4. The number of carbonyl (C=O) groups excluding carboxylic acids is 1. The van der Waals surface area contributed by atoms with Gasteiger partial charge in [-0.1, -0.05) is 12.0 Å². The van der Waals surface area contributed by atoms with Gasteiger partial charge in [-0.15, -0.1) is 6.42 Å². The number of benzene rings is 2. The van der Waals surface area contributed by atoms with Gasteiger partial charge in [-0.05, 0) is 55.8 Å². The second-order valence-corrected chi connectivity index (χ2v) is 13.9. The Morgan fingerprint density at radius 3 is 2.54 bits per heavy atom. The molecule has 4 atom stereocenters. The molecule has 8 rings (SSSR count). The molecule has 10 nitrogen and oxygen atoms in total. The van der Waals surface area contributed by atoms with Crippen molar-refractivity contribution in [1.29, 1.82) is 0 Å². The zero-order valence-corrected chi connectivity index (χ0v) is 27.8. The SMILES string of the molecule is C#Cc1c(F)ccc2cc(O)cc(-c3nc(OC)c4c(N5CC6CCC(C5)N6C(=O)C(F)(F)F)nc(OC[C@@]56CCCN5C[C@H](F)C6)nc4c3F)c12. The van der Waals surface area contributed by atoms with Crippen LogP contribution in [0.15, 0.2) is 24.3 Å². The number of aromatic nitrogens is 3. The highest BCUT2D eigenvalue weighted by Crippen LogP contribution is 2.45. The van der Waals surface area contributed by atoms with E-state index >= 15 is 4.39 Å². The quantitative estimate of drug-likeness (QED) is 0.204. The van der Waals surface area contributed by atoms with E-state index in [4.69, 9.17) is 15.9 Å². The predicted octanol–water partition coefficient (Wildman–Crippen LogP) is 5.52. The number of phenolic OH excluding ortho intramolecular Hbond substituents is 1. The van der Waals surface area contributed by atoms with Crippen molar-refractivity contribution in [2.45, 2.75) is 62.1 Å². The van der Waals surface area contributed by atoms with E-state index in [0.717, 1.165) is 17.4 Å². The molecule has 2 aromatic carbocycles. The molecule has 2 unspecified atom stereocenters. The van der Waals surface area contributed by atoms with Gasteiger partial charge < -0.3 is 24.4 Å². The number of nitrogens with zero attached hydrogens (tertiary/aromatic N) is 6. The molecule has 0 saturated carbocycles. The number of aromatic hydroxyl groups is 1. The number of ether oxygens (including phenoxy) is 2. The number of phenols is 1. The van der Waals surface area contributed by atoms with Crippen LogP contribution in [0.5, 0.6) is 17.6 Å². The van der Waals surface area contributed by atoms with Crippen LogP contribution in [0, 0.1) is 24.0 Å². The number of terminal acetylenes is 1. The molecule has 4 aromatic rings. The number of methoxy groups -OCH3 is 1. The monoisotopic (exact) mass is 726 g/mol. The summed E-state index contributed by atoms with van der Waals surface area (Å²) < 4.78 is 99.1. The highest BCUT2D eigenvalue weighted by molar-refractivity contribution is 6.04. The molecule has 0 radical (unpaired) electrons. The van der Waals surface area contributed by atoms with Crippen LogP contribution in [0.1, 0.15) is 37.7 Å². The number of piperazine rings is 1. The molecule has 4 fully saturated rings. The molecule has 2 bridgehead atoms. The summed E-state index contributed by atoms with van der Waals surface area (Å²) in [7, 11) is 1.27. The first-order chi connectivity index (χ1) is 24.8. The summed E-state index contributed by atoms with van der Waals surface area (Å²) in [6.07, 6.45) is 1.93. The van der Waals surface area contributed by atoms with Gasteiger partial charge in [0.2, 0.25) is 5.88 Å². The number of hydrogen-bond acceptors (Lipinski definition) is 9. The Balaban J connectivity index is 1.30. The van der Waals surface area contributed by atoms with Crippen molar-refractivity contribution >= 4 is 33.4 Å². The number of pyridine rings is 1. The number of halogens is 6. The van der Waals surface area contributed by atoms with Gasteiger partial charge in [0, 0.05) is 37.0 Å². The van der Waals surface area contributed by atoms with Gasteiger partial charge in [-0.25, -0.2) is 18.2 Å². The fourth-order valence-corrected chi connectivity index (χ4v) is 8.68. The van der Waals surface area contributed by atoms with E-state index in [1.54, 1.807) is 4.90 Å². The first-order valence-electron chi connectivity index (χ1n) is 16.9. The molecule has 4 aliphatic heterocycles. The first-order valence-corrected chi connectivity index (χ1v) is 16.9. The van der Waals surface area contributed by atoms with E-state index in [1.165, 1.54) is 25.3 Å². The lowest BCUT2D eigenvalue weighted by Gasteiger charge is -2.42. The Morgan fingerprint density at radius 2 is 1.85 bits per heavy atom. The van der Waals surface area contributed by atoms with E-state index in [-0.39, 0.29) is 89.2 Å². The molecule has 272 valence electrons. The van der Waals surface area contributed by atoms with Crippen LogP contribution in [0.2, 0.25) is 0 Å². The second kappa shape index (κ2) is 12.3. The number of hydrogen-bond donors (Lipinski definition) is 1. The van der Waals surface area contributed by atoms with Crippen LogP contribution in [0.4, 0.5) is 32.2 Å². The summed E-state index contributed by atoms with van der Waals surface area (Å²) >= 11 is 0. The standard InChI is InChI=1S/C36H32F6N6O4/c1-3-23-25(38)8-5-18-11-22(49)12-24(26(18)23)29-28(39)30-27(32(43-29)51-2)31(46-15-20-6-7-21(16-46)48(20)33(50)36(40,41)42)45-34(44-30)52-17-35-9-4-10-47(35)14-19(37)13-35/h1,5,8,11-12,19-21,49H,4,6-7,9-10,13-17H2,2H3/t19-,20?,21?,35+/m1/s1. The summed E-state index contributed by atoms with van der Waals surface area (Å²) in [6.45, 7) is 0.807. The molecule has 4 aliphatic rings. The average molecular weight is 727 g/mol. The van der Waals surface area contributed by atoms with E-state index in [9.17, 15) is 31.9 Å². The summed E-state index contributed by atoms with van der Waals surface area (Å²) in [5.74, 6) is -1.82. The summed E-state index contributed by atoms with van der Waals surface area (Å²) in [6, 6.07) is 3.14. The predicted molar refractivity (Wildman–Crippen MR) is 177 cm³/mol. The van der Waals surface area contributed by atoms with Crippen LogP contribution in [-0.2, 0) is 4.79 Å². The normalized spacial score (nSPS) is 24.5. The van der Waals surface area contributed by atoms with Crippen molar-refractivity contribution in [3.63, 3.8) is 0 Å². The molecule has 16 heteroatoms. The molecule has 0 spiro atoms. The summed E-state index contributed by atoms with van der Waals surface area (Å²) in [5.41, 5.74) is -1.59. The second-order valence-electron chi connectivity index (χ2n) is 13.9. The lowest BCUT2D eigenvalue weighted by Crippen LogP contribution is -2.59. The highest BCUT2D eigenvalue weighted by Gasteiger charge is 2.53. The third kappa shape index (κ3) is 5.39. The fraction of sp³-hybridized carbons (Fsp3) is 0.444. The van der Waals surface area contributed by atoms with Gasteiger partial charge in [0.05, 0.1) is 30.3 Å². The minimum absolute atomic E-state index is 0.00379. The number of fused-ring (bicyclic) bond motifs is 5. The van der Waals surface area contributed by atoms with Crippen molar-refractivity contribution in [2.24, 2.45) is 0 Å². The fourth-order valence-electron chi connectivity index (χ4n) is 8.68. The molecular weight excluding hydrogens is 694 g/mol. The van der Waals surface area contributed by atoms with Crippen molar-refractivity contribution < 1.29 is 45.7 Å². The van der Waals surface area contributed by atoms with E-state index in [1.807, 2.05) is 4.90 Å². The van der Waals surface area contributed by atoms with E-state index < -0.39 is 47.5 Å². The first kappa shape index (κ1) is 34.1. The molecule has 1 amide bonds. The van der Waals surface area contributed by atoms with Crippen molar-refractivity contribution in [2.75, 3.05) is 44.8 Å². The number of amides is 1. The summed E-state index contributed by atoms with van der Waals surface area (Å²) in [5, 5.41) is 11.0. The van der Waals surface area contributed by atoms with Crippen LogP contribution in [-0.4, -0.2) is 106 Å². The Labute approximate surface area is 293 Å².